The monoisotopic (exact) mass is 237 g/mol. The number of rotatable bonds is 3. The average molecular weight is 237 g/mol. The van der Waals surface area contributed by atoms with Crippen LogP contribution in [0.1, 0.15) is 17.3 Å². The van der Waals surface area contributed by atoms with Gasteiger partial charge in [0.1, 0.15) is 13.2 Å². The molecule has 92 valence electrons. The summed E-state index contributed by atoms with van der Waals surface area (Å²) >= 11 is 0. The number of fused-ring (bicyclic) bond motifs is 1. The summed E-state index contributed by atoms with van der Waals surface area (Å²) in [5.74, 6) is 1.28. The molecule has 0 fully saturated rings. The number of methoxy groups -OCH3 is 1. The van der Waals surface area contributed by atoms with Gasteiger partial charge in [-0.3, -0.25) is 4.79 Å². The van der Waals surface area contributed by atoms with Gasteiger partial charge in [0, 0.05) is 0 Å². The Labute approximate surface area is 99.5 Å². The lowest BCUT2D eigenvalue weighted by Gasteiger charge is -2.22. The van der Waals surface area contributed by atoms with E-state index in [1.165, 1.54) is 7.11 Å². The summed E-state index contributed by atoms with van der Waals surface area (Å²) in [5.41, 5.74) is 6.01. The summed E-state index contributed by atoms with van der Waals surface area (Å²) in [7, 11) is 1.49. The number of hydrogen-bond donors (Lipinski definition) is 1. The average Bonchev–Trinajstić information content (AvgIpc) is 2.36. The topological polar surface area (TPSA) is 70.8 Å². The van der Waals surface area contributed by atoms with Crippen LogP contribution in [0.3, 0.4) is 0 Å². The number of ether oxygens (including phenoxy) is 3. The number of carbonyl (C=O) groups excluding carboxylic acids is 1. The molecule has 0 bridgehead atoms. The van der Waals surface area contributed by atoms with Crippen molar-refractivity contribution in [3.05, 3.63) is 17.7 Å². The third kappa shape index (κ3) is 2.06. The molecule has 5 nitrogen and oxygen atoms in total. The molecule has 1 aromatic rings. The molecule has 0 saturated heterocycles. The van der Waals surface area contributed by atoms with Gasteiger partial charge in [-0.1, -0.05) is 0 Å². The first kappa shape index (κ1) is 11.7. The number of nitrogens with two attached hydrogens (primary N) is 1. The number of ketones is 1. The maximum Gasteiger partial charge on any atom is 0.204 e. The highest BCUT2D eigenvalue weighted by Gasteiger charge is 2.24. The summed E-state index contributed by atoms with van der Waals surface area (Å²) in [6.07, 6.45) is 0. The van der Waals surface area contributed by atoms with E-state index in [9.17, 15) is 4.79 Å². The number of hydrogen-bond acceptors (Lipinski definition) is 5. The van der Waals surface area contributed by atoms with Crippen molar-refractivity contribution in [2.45, 2.75) is 13.0 Å². The van der Waals surface area contributed by atoms with E-state index in [2.05, 4.69) is 0 Å². The second-order valence-corrected chi connectivity index (χ2v) is 3.82. The van der Waals surface area contributed by atoms with Gasteiger partial charge >= 0.3 is 0 Å². The zero-order valence-electron chi connectivity index (χ0n) is 9.86. The van der Waals surface area contributed by atoms with Gasteiger partial charge in [-0.2, -0.15) is 0 Å². The Morgan fingerprint density at radius 3 is 2.76 bits per heavy atom. The Balaban J connectivity index is 2.50. The van der Waals surface area contributed by atoms with Crippen molar-refractivity contribution in [3.8, 4) is 17.2 Å². The Kier molecular flexibility index (Phi) is 3.19. The van der Waals surface area contributed by atoms with Crippen molar-refractivity contribution >= 4 is 5.78 Å². The molecule has 1 heterocycles. The standard InChI is InChI=1S/C12H15NO4/c1-7(13)10(14)8-3-4-9-12(11(8)15-2)17-6-5-16-9/h3-4,7H,5-6,13H2,1-2H3. The molecule has 0 radical (unpaired) electrons. The van der Waals surface area contributed by atoms with E-state index >= 15 is 0 Å². The molecule has 1 unspecified atom stereocenters. The first-order valence-electron chi connectivity index (χ1n) is 5.41. The van der Waals surface area contributed by atoms with Crippen LogP contribution >= 0.6 is 0 Å². The molecule has 1 aliphatic heterocycles. The third-order valence-electron chi connectivity index (χ3n) is 2.55. The highest BCUT2D eigenvalue weighted by atomic mass is 16.6. The molecule has 5 heteroatoms. The second-order valence-electron chi connectivity index (χ2n) is 3.82. The quantitative estimate of drug-likeness (QED) is 0.794. The molecular formula is C12H15NO4. The fraction of sp³-hybridized carbons (Fsp3) is 0.417. The van der Waals surface area contributed by atoms with Crippen LogP contribution < -0.4 is 19.9 Å². The fourth-order valence-electron chi connectivity index (χ4n) is 1.73. The van der Waals surface area contributed by atoms with Crippen molar-refractivity contribution < 1.29 is 19.0 Å². The van der Waals surface area contributed by atoms with E-state index in [1.54, 1.807) is 19.1 Å². The van der Waals surface area contributed by atoms with Gasteiger partial charge in [-0.25, -0.2) is 0 Å². The molecule has 2 rings (SSSR count). The summed E-state index contributed by atoms with van der Waals surface area (Å²) < 4.78 is 16.1. The van der Waals surface area contributed by atoms with Crippen molar-refractivity contribution in [1.82, 2.24) is 0 Å². The van der Waals surface area contributed by atoms with Crippen LogP contribution in [0.15, 0.2) is 12.1 Å². The molecule has 1 aromatic carbocycles. The molecule has 0 spiro atoms. The predicted molar refractivity (Wildman–Crippen MR) is 62.0 cm³/mol. The number of carbonyl (C=O) groups is 1. The predicted octanol–water partition coefficient (Wildman–Crippen LogP) is 0.996. The molecule has 1 atom stereocenters. The molecule has 1 aliphatic rings. The Bertz CT molecular complexity index is 442. The van der Waals surface area contributed by atoms with Gasteiger partial charge in [-0.05, 0) is 19.1 Å². The van der Waals surface area contributed by atoms with Gasteiger partial charge in [0.25, 0.3) is 0 Å². The van der Waals surface area contributed by atoms with E-state index in [1.807, 2.05) is 0 Å². The minimum absolute atomic E-state index is 0.182. The summed E-state index contributed by atoms with van der Waals surface area (Å²) in [6, 6.07) is 2.77. The highest BCUT2D eigenvalue weighted by Crippen LogP contribution is 2.41. The van der Waals surface area contributed by atoms with Crippen molar-refractivity contribution in [1.29, 1.82) is 0 Å². The van der Waals surface area contributed by atoms with Crippen LogP contribution in [-0.2, 0) is 0 Å². The normalized spacial score (nSPS) is 15.2. The summed E-state index contributed by atoms with van der Waals surface area (Å²) in [4.78, 5) is 11.9. The number of Topliss-reactive ketones (excluding diaryl/α,β-unsaturated/α-hetero) is 1. The highest BCUT2D eigenvalue weighted by molar-refractivity contribution is 6.03. The minimum Gasteiger partial charge on any atom is -0.492 e. The first-order chi connectivity index (χ1) is 8.15. The van der Waals surface area contributed by atoms with Crippen molar-refractivity contribution in [3.63, 3.8) is 0 Å². The van der Waals surface area contributed by atoms with Gasteiger partial charge < -0.3 is 19.9 Å². The van der Waals surface area contributed by atoms with E-state index in [0.717, 1.165) is 0 Å². The summed E-state index contributed by atoms with van der Waals surface area (Å²) in [6.45, 7) is 2.58. The van der Waals surface area contributed by atoms with Gasteiger partial charge in [0.2, 0.25) is 5.75 Å². The van der Waals surface area contributed by atoms with Gasteiger partial charge in [-0.15, -0.1) is 0 Å². The third-order valence-corrected chi connectivity index (χ3v) is 2.55. The van der Waals surface area contributed by atoms with E-state index in [4.69, 9.17) is 19.9 Å². The maximum atomic E-state index is 11.9. The zero-order chi connectivity index (χ0) is 12.4. The lowest BCUT2D eigenvalue weighted by Crippen LogP contribution is -2.27. The Morgan fingerprint density at radius 1 is 1.41 bits per heavy atom. The van der Waals surface area contributed by atoms with E-state index in [0.29, 0.717) is 36.0 Å². The van der Waals surface area contributed by atoms with E-state index < -0.39 is 6.04 Å². The van der Waals surface area contributed by atoms with Crippen LogP contribution in [0.2, 0.25) is 0 Å². The molecule has 0 aromatic heterocycles. The lowest BCUT2D eigenvalue weighted by atomic mass is 10.0. The van der Waals surface area contributed by atoms with Gasteiger partial charge in [0.15, 0.2) is 17.3 Å². The van der Waals surface area contributed by atoms with Crippen LogP contribution in [0.4, 0.5) is 0 Å². The first-order valence-corrected chi connectivity index (χ1v) is 5.41. The van der Waals surface area contributed by atoms with Crippen molar-refractivity contribution in [2.24, 2.45) is 5.73 Å². The van der Waals surface area contributed by atoms with Gasteiger partial charge in [0.05, 0.1) is 18.7 Å². The maximum absolute atomic E-state index is 11.9. The Morgan fingerprint density at radius 2 is 2.12 bits per heavy atom. The molecule has 0 saturated carbocycles. The second kappa shape index (κ2) is 4.63. The molecule has 2 N–H and O–H groups in total. The summed E-state index contributed by atoms with van der Waals surface area (Å²) in [5, 5.41) is 0. The molecule has 0 aliphatic carbocycles. The minimum atomic E-state index is -0.577. The fourth-order valence-corrected chi connectivity index (χ4v) is 1.73. The molecule has 17 heavy (non-hydrogen) atoms. The van der Waals surface area contributed by atoms with Crippen LogP contribution in [0, 0.1) is 0 Å². The van der Waals surface area contributed by atoms with Crippen LogP contribution in [0.25, 0.3) is 0 Å². The largest absolute Gasteiger partial charge is 0.492 e. The number of benzene rings is 1. The Hall–Kier alpha value is -1.75. The zero-order valence-corrected chi connectivity index (χ0v) is 9.86. The lowest BCUT2D eigenvalue weighted by molar-refractivity contribution is 0.0962. The smallest absolute Gasteiger partial charge is 0.204 e. The SMILES string of the molecule is COc1c(C(=O)C(C)N)ccc2c1OCCO2. The van der Waals surface area contributed by atoms with Crippen molar-refractivity contribution in [2.75, 3.05) is 20.3 Å². The van der Waals surface area contributed by atoms with E-state index in [-0.39, 0.29) is 5.78 Å². The molecule has 0 amide bonds. The molecular weight excluding hydrogens is 222 g/mol. The van der Waals surface area contributed by atoms with Crippen LogP contribution in [0.5, 0.6) is 17.2 Å². The van der Waals surface area contributed by atoms with Crippen LogP contribution in [-0.4, -0.2) is 32.1 Å².